The molecule has 0 saturated carbocycles. The lowest BCUT2D eigenvalue weighted by Crippen LogP contribution is -2.37. The zero-order valence-electron chi connectivity index (χ0n) is 19.1. The molecular formula is C26H27N5O2. The van der Waals surface area contributed by atoms with E-state index in [1.807, 2.05) is 57.2 Å². The van der Waals surface area contributed by atoms with Gasteiger partial charge in [-0.1, -0.05) is 42.0 Å². The maximum Gasteiger partial charge on any atom is 0.295 e. The highest BCUT2D eigenvalue weighted by Crippen LogP contribution is 2.29. The molecule has 5 rings (SSSR count). The molecule has 0 saturated heterocycles. The van der Waals surface area contributed by atoms with Crippen LogP contribution in [-0.2, 0) is 17.8 Å². The smallest absolute Gasteiger partial charge is 0.295 e. The molecule has 7 heteroatoms. The molecule has 0 aliphatic heterocycles. The van der Waals surface area contributed by atoms with E-state index in [-0.39, 0.29) is 24.1 Å². The monoisotopic (exact) mass is 441 g/mol. The summed E-state index contributed by atoms with van der Waals surface area (Å²) in [6.07, 6.45) is 2.95. The Morgan fingerprint density at radius 3 is 2.61 bits per heavy atom. The van der Waals surface area contributed by atoms with E-state index in [0.717, 1.165) is 47.2 Å². The van der Waals surface area contributed by atoms with Crippen molar-refractivity contribution in [2.45, 2.75) is 52.6 Å². The van der Waals surface area contributed by atoms with Crippen LogP contribution in [0.3, 0.4) is 0 Å². The standard InChI is InChI=1S/C26H27N5O2/c1-16-11-13-20(14-12-16)31-18(3)24-17(2)28-30(26(33)25(24)29-31)15-23(32)27-22-10-6-8-19-7-4-5-9-21(19)22/h4-5,7,9,11-14,22H,6,8,10,15H2,1-3H3,(H,27,32)/t22-/m0/s1. The minimum Gasteiger partial charge on any atom is -0.348 e. The first-order valence-electron chi connectivity index (χ1n) is 11.3. The Labute approximate surface area is 192 Å². The average Bonchev–Trinajstić information content (AvgIpc) is 3.16. The average molecular weight is 442 g/mol. The van der Waals surface area contributed by atoms with Crippen molar-refractivity contribution in [3.8, 4) is 5.69 Å². The molecule has 1 N–H and O–H groups in total. The molecule has 1 aliphatic rings. The molecule has 1 amide bonds. The van der Waals surface area contributed by atoms with Crippen LogP contribution in [0.1, 0.15) is 47.0 Å². The van der Waals surface area contributed by atoms with Gasteiger partial charge in [0.1, 0.15) is 6.54 Å². The van der Waals surface area contributed by atoms with E-state index in [0.29, 0.717) is 11.2 Å². The summed E-state index contributed by atoms with van der Waals surface area (Å²) in [4.78, 5) is 26.1. The van der Waals surface area contributed by atoms with Gasteiger partial charge in [-0.3, -0.25) is 9.59 Å². The minimum absolute atomic E-state index is 0.0361. The maximum absolute atomic E-state index is 13.2. The minimum atomic E-state index is -0.358. The molecule has 2 heterocycles. The lowest BCUT2D eigenvalue weighted by Gasteiger charge is -2.26. The van der Waals surface area contributed by atoms with E-state index in [4.69, 9.17) is 0 Å². The molecule has 0 fully saturated rings. The normalized spacial score (nSPS) is 15.4. The summed E-state index contributed by atoms with van der Waals surface area (Å²) >= 11 is 0. The number of nitrogens with one attached hydrogen (secondary N) is 1. The lowest BCUT2D eigenvalue weighted by molar-refractivity contribution is -0.122. The van der Waals surface area contributed by atoms with Crippen LogP contribution < -0.4 is 10.9 Å². The number of fused-ring (bicyclic) bond motifs is 2. The number of aryl methyl sites for hydroxylation is 4. The largest absolute Gasteiger partial charge is 0.348 e. The van der Waals surface area contributed by atoms with Gasteiger partial charge in [-0.25, -0.2) is 9.36 Å². The van der Waals surface area contributed by atoms with Crippen molar-refractivity contribution in [1.82, 2.24) is 24.9 Å². The van der Waals surface area contributed by atoms with E-state index < -0.39 is 0 Å². The first-order chi connectivity index (χ1) is 15.9. The summed E-state index contributed by atoms with van der Waals surface area (Å²) in [6, 6.07) is 16.2. The molecule has 7 nitrogen and oxygen atoms in total. The van der Waals surface area contributed by atoms with Crippen LogP contribution in [0.25, 0.3) is 16.6 Å². The van der Waals surface area contributed by atoms with Crippen molar-refractivity contribution in [3.63, 3.8) is 0 Å². The molecular weight excluding hydrogens is 414 g/mol. The fourth-order valence-electron chi connectivity index (χ4n) is 4.81. The fraction of sp³-hybridized carbons (Fsp3) is 0.308. The Bertz CT molecular complexity index is 1420. The van der Waals surface area contributed by atoms with Gasteiger partial charge in [-0.15, -0.1) is 0 Å². The molecule has 2 aromatic carbocycles. The van der Waals surface area contributed by atoms with Crippen molar-refractivity contribution >= 4 is 16.8 Å². The number of amides is 1. The molecule has 1 atom stereocenters. The number of benzene rings is 2. The first-order valence-corrected chi connectivity index (χ1v) is 11.3. The van der Waals surface area contributed by atoms with Crippen molar-refractivity contribution in [1.29, 1.82) is 0 Å². The SMILES string of the molecule is Cc1ccc(-n2nc3c(=O)n(CC(=O)N[C@H]4CCCc5ccccc54)nc(C)c3c2C)cc1. The van der Waals surface area contributed by atoms with E-state index in [1.54, 1.807) is 4.68 Å². The Morgan fingerprint density at radius 1 is 1.06 bits per heavy atom. The highest BCUT2D eigenvalue weighted by Gasteiger charge is 2.23. The number of carbonyl (C=O) groups excluding carboxylic acids is 1. The number of rotatable bonds is 4. The van der Waals surface area contributed by atoms with Gasteiger partial charge in [0, 0.05) is 0 Å². The van der Waals surface area contributed by atoms with Crippen molar-refractivity contribution in [2.75, 3.05) is 0 Å². The van der Waals surface area contributed by atoms with Gasteiger partial charge >= 0.3 is 0 Å². The van der Waals surface area contributed by atoms with Crippen LogP contribution in [0.4, 0.5) is 0 Å². The predicted octanol–water partition coefficient (Wildman–Crippen LogP) is 3.70. The van der Waals surface area contributed by atoms with Crippen LogP contribution >= 0.6 is 0 Å². The van der Waals surface area contributed by atoms with Crippen LogP contribution in [0.2, 0.25) is 0 Å². The number of carbonyl (C=O) groups is 1. The summed E-state index contributed by atoms with van der Waals surface area (Å²) in [7, 11) is 0. The topological polar surface area (TPSA) is 81.8 Å². The predicted molar refractivity (Wildman–Crippen MR) is 128 cm³/mol. The van der Waals surface area contributed by atoms with Crippen LogP contribution in [0, 0.1) is 20.8 Å². The van der Waals surface area contributed by atoms with E-state index in [1.165, 1.54) is 10.2 Å². The summed E-state index contributed by atoms with van der Waals surface area (Å²) in [5.74, 6) is -0.222. The third kappa shape index (κ3) is 3.84. The van der Waals surface area contributed by atoms with E-state index >= 15 is 0 Å². The van der Waals surface area contributed by atoms with E-state index in [2.05, 4.69) is 27.6 Å². The Hall–Kier alpha value is -3.74. The van der Waals surface area contributed by atoms with Gasteiger partial charge in [0.05, 0.1) is 28.5 Å². The Morgan fingerprint density at radius 2 is 1.82 bits per heavy atom. The molecule has 0 unspecified atom stereocenters. The number of nitrogens with zero attached hydrogens (tertiary/aromatic N) is 4. The summed E-state index contributed by atoms with van der Waals surface area (Å²) in [5, 5.41) is 12.9. The highest BCUT2D eigenvalue weighted by atomic mass is 16.2. The second-order valence-electron chi connectivity index (χ2n) is 8.82. The van der Waals surface area contributed by atoms with Gasteiger partial charge in [-0.05, 0) is 63.3 Å². The number of hydrogen-bond donors (Lipinski definition) is 1. The molecule has 0 bridgehead atoms. The second-order valence-corrected chi connectivity index (χ2v) is 8.82. The quantitative estimate of drug-likeness (QED) is 0.524. The second kappa shape index (κ2) is 8.31. The summed E-state index contributed by atoms with van der Waals surface area (Å²) in [6.45, 7) is 5.67. The van der Waals surface area contributed by atoms with Gasteiger partial charge < -0.3 is 5.32 Å². The van der Waals surface area contributed by atoms with Crippen molar-refractivity contribution < 1.29 is 4.79 Å². The van der Waals surface area contributed by atoms with Gasteiger partial charge in [-0.2, -0.15) is 10.2 Å². The molecule has 168 valence electrons. The van der Waals surface area contributed by atoms with Gasteiger partial charge in [0.25, 0.3) is 5.56 Å². The van der Waals surface area contributed by atoms with Crippen LogP contribution in [0.15, 0.2) is 53.3 Å². The summed E-state index contributed by atoms with van der Waals surface area (Å²) in [5.41, 5.74) is 5.98. The molecule has 2 aromatic heterocycles. The highest BCUT2D eigenvalue weighted by molar-refractivity contribution is 5.84. The third-order valence-corrected chi connectivity index (χ3v) is 6.46. The van der Waals surface area contributed by atoms with Crippen molar-refractivity contribution in [2.24, 2.45) is 0 Å². The van der Waals surface area contributed by atoms with Gasteiger partial charge in [0.15, 0.2) is 5.52 Å². The first kappa shape index (κ1) is 21.1. The third-order valence-electron chi connectivity index (χ3n) is 6.46. The van der Waals surface area contributed by atoms with Crippen LogP contribution in [-0.4, -0.2) is 25.5 Å². The van der Waals surface area contributed by atoms with Crippen LogP contribution in [0.5, 0.6) is 0 Å². The maximum atomic E-state index is 13.2. The number of aromatic nitrogens is 4. The summed E-state index contributed by atoms with van der Waals surface area (Å²) < 4.78 is 3.00. The van der Waals surface area contributed by atoms with E-state index in [9.17, 15) is 9.59 Å². The number of hydrogen-bond acceptors (Lipinski definition) is 4. The Kier molecular flexibility index (Phi) is 5.32. The molecule has 0 spiro atoms. The fourth-order valence-corrected chi connectivity index (χ4v) is 4.81. The zero-order valence-corrected chi connectivity index (χ0v) is 19.1. The van der Waals surface area contributed by atoms with Gasteiger partial charge in [0.2, 0.25) is 5.91 Å². The molecule has 1 aliphatic carbocycles. The molecule has 0 radical (unpaired) electrons. The lowest BCUT2D eigenvalue weighted by atomic mass is 9.88. The molecule has 4 aromatic rings. The van der Waals surface area contributed by atoms with Crippen molar-refractivity contribution in [3.05, 3.63) is 87.0 Å². The zero-order chi connectivity index (χ0) is 23.1. The molecule has 33 heavy (non-hydrogen) atoms. The Balaban J connectivity index is 1.45.